The van der Waals surface area contributed by atoms with Crippen LogP contribution in [0.2, 0.25) is 0 Å². The van der Waals surface area contributed by atoms with E-state index in [-0.39, 0.29) is 0 Å². The topological polar surface area (TPSA) is 12.9 Å². The van der Waals surface area contributed by atoms with E-state index in [2.05, 4.69) is 24.9 Å². The van der Waals surface area contributed by atoms with Crippen molar-refractivity contribution in [1.29, 1.82) is 0 Å². The summed E-state index contributed by atoms with van der Waals surface area (Å²) in [6.45, 7) is 4.25. The van der Waals surface area contributed by atoms with Crippen molar-refractivity contribution in [3.63, 3.8) is 0 Å². The number of hydrogen-bond donors (Lipinski definition) is 0. The molecule has 2 heterocycles. The molecule has 1 aliphatic rings. The number of thioether (sulfide) groups is 1. The van der Waals surface area contributed by atoms with Gasteiger partial charge in [-0.15, -0.1) is 0 Å². The monoisotopic (exact) mass is 165 g/mol. The Morgan fingerprint density at radius 2 is 2.18 bits per heavy atom. The van der Waals surface area contributed by atoms with Gasteiger partial charge in [0.2, 0.25) is 0 Å². The highest BCUT2D eigenvalue weighted by Gasteiger charge is 2.14. The summed E-state index contributed by atoms with van der Waals surface area (Å²) in [5.74, 6) is 2.27. The molecular formula is C9H11NS. The van der Waals surface area contributed by atoms with Crippen LogP contribution in [0.25, 0.3) is 0 Å². The molecular weight excluding hydrogens is 154 g/mol. The predicted molar refractivity (Wildman–Crippen MR) is 48.7 cm³/mol. The molecule has 1 aromatic rings. The van der Waals surface area contributed by atoms with Crippen molar-refractivity contribution < 1.29 is 0 Å². The Balaban J connectivity index is 2.60. The molecule has 1 aliphatic heterocycles. The molecule has 1 aromatic heterocycles. The highest BCUT2D eigenvalue weighted by atomic mass is 32.2. The van der Waals surface area contributed by atoms with Gasteiger partial charge in [-0.25, -0.2) is 0 Å². The lowest BCUT2D eigenvalue weighted by Crippen LogP contribution is -1.93. The molecule has 58 valence electrons. The van der Waals surface area contributed by atoms with Gasteiger partial charge < -0.3 is 0 Å². The quantitative estimate of drug-likeness (QED) is 0.585. The third kappa shape index (κ3) is 1.16. The fourth-order valence-electron chi connectivity index (χ4n) is 1.51. The van der Waals surface area contributed by atoms with E-state index >= 15 is 0 Å². The fourth-order valence-corrected chi connectivity index (χ4v) is 2.64. The molecule has 0 spiro atoms. The number of hydrogen-bond acceptors (Lipinski definition) is 2. The molecule has 0 amide bonds. The number of aryl methyl sites for hydroxylation is 2. The van der Waals surface area contributed by atoms with Crippen molar-refractivity contribution in [2.24, 2.45) is 0 Å². The highest BCUT2D eigenvalue weighted by molar-refractivity contribution is 7.98. The lowest BCUT2D eigenvalue weighted by molar-refractivity contribution is 1.07. The Morgan fingerprint density at radius 1 is 1.36 bits per heavy atom. The smallest absolute Gasteiger partial charge is 0.0548 e. The molecule has 0 aliphatic carbocycles. The van der Waals surface area contributed by atoms with Crippen LogP contribution in [0.5, 0.6) is 0 Å². The Hall–Kier alpha value is -0.500. The summed E-state index contributed by atoms with van der Waals surface area (Å²) in [5, 5.41) is 0. The van der Waals surface area contributed by atoms with E-state index < -0.39 is 0 Å². The third-order valence-electron chi connectivity index (χ3n) is 2.05. The Labute approximate surface area is 71.2 Å². The van der Waals surface area contributed by atoms with Crippen LogP contribution in [0, 0.1) is 13.8 Å². The molecule has 0 saturated heterocycles. The number of aromatic nitrogens is 1. The van der Waals surface area contributed by atoms with Gasteiger partial charge in [-0.2, -0.15) is 11.8 Å². The first-order valence-electron chi connectivity index (χ1n) is 3.81. The minimum Gasteiger partial charge on any atom is -0.257 e. The zero-order valence-electron chi connectivity index (χ0n) is 6.85. The number of rotatable bonds is 0. The lowest BCUT2D eigenvalue weighted by atomic mass is 10.1. The van der Waals surface area contributed by atoms with Gasteiger partial charge in [-0.05, 0) is 31.0 Å². The molecule has 2 rings (SSSR count). The van der Waals surface area contributed by atoms with Crippen LogP contribution in [-0.4, -0.2) is 4.98 Å². The van der Waals surface area contributed by atoms with E-state index in [1.807, 2.05) is 11.8 Å². The maximum atomic E-state index is 4.49. The molecule has 11 heavy (non-hydrogen) atoms. The van der Waals surface area contributed by atoms with Crippen molar-refractivity contribution in [3.05, 3.63) is 28.6 Å². The molecule has 2 heteroatoms. The number of nitrogens with zero attached hydrogens (tertiary/aromatic N) is 1. The maximum Gasteiger partial charge on any atom is 0.0548 e. The Kier molecular flexibility index (Phi) is 1.64. The summed E-state index contributed by atoms with van der Waals surface area (Å²) in [6, 6.07) is 2.17. The fraction of sp³-hybridized carbons (Fsp3) is 0.444. The summed E-state index contributed by atoms with van der Waals surface area (Å²) in [7, 11) is 0. The predicted octanol–water partition coefficient (Wildman–Crippen LogP) is 2.45. The highest BCUT2D eigenvalue weighted by Crippen LogP contribution is 2.30. The molecule has 0 N–H and O–H groups in total. The Bertz CT molecular complexity index is 294. The van der Waals surface area contributed by atoms with Crippen molar-refractivity contribution in [2.75, 3.05) is 0 Å². The van der Waals surface area contributed by atoms with Crippen LogP contribution in [-0.2, 0) is 11.5 Å². The SMILES string of the molecule is Cc1cc(C)c2c(n1)CSC2. The van der Waals surface area contributed by atoms with E-state index in [0.29, 0.717) is 0 Å². The second kappa shape index (κ2) is 2.52. The molecule has 0 bridgehead atoms. The molecule has 0 radical (unpaired) electrons. The van der Waals surface area contributed by atoms with E-state index in [4.69, 9.17) is 0 Å². The number of fused-ring (bicyclic) bond motifs is 1. The van der Waals surface area contributed by atoms with Gasteiger partial charge in [0.05, 0.1) is 5.69 Å². The van der Waals surface area contributed by atoms with Gasteiger partial charge in [-0.3, -0.25) is 4.98 Å². The average molecular weight is 165 g/mol. The minimum atomic E-state index is 1.11. The van der Waals surface area contributed by atoms with E-state index in [1.54, 1.807) is 0 Å². The van der Waals surface area contributed by atoms with Crippen LogP contribution < -0.4 is 0 Å². The second-order valence-corrected chi connectivity index (χ2v) is 3.98. The number of pyridine rings is 1. The largest absolute Gasteiger partial charge is 0.257 e. The standard InChI is InChI=1S/C9H11NS/c1-6-3-7(2)10-9-5-11-4-8(6)9/h3H,4-5H2,1-2H3. The van der Waals surface area contributed by atoms with Gasteiger partial charge in [0.25, 0.3) is 0 Å². The van der Waals surface area contributed by atoms with Crippen molar-refractivity contribution >= 4 is 11.8 Å². The molecule has 0 saturated carbocycles. The summed E-state index contributed by atoms with van der Waals surface area (Å²) >= 11 is 1.96. The summed E-state index contributed by atoms with van der Waals surface area (Å²) in [4.78, 5) is 4.49. The first-order valence-corrected chi connectivity index (χ1v) is 4.96. The van der Waals surface area contributed by atoms with Crippen LogP contribution in [0.4, 0.5) is 0 Å². The van der Waals surface area contributed by atoms with Crippen LogP contribution in [0.3, 0.4) is 0 Å². The van der Waals surface area contributed by atoms with E-state index in [1.165, 1.54) is 16.8 Å². The van der Waals surface area contributed by atoms with Gasteiger partial charge in [-0.1, -0.05) is 0 Å². The first-order chi connectivity index (χ1) is 5.27. The molecule has 0 aromatic carbocycles. The zero-order valence-corrected chi connectivity index (χ0v) is 7.66. The van der Waals surface area contributed by atoms with E-state index in [0.717, 1.165) is 17.2 Å². The molecule has 0 fully saturated rings. The maximum absolute atomic E-state index is 4.49. The summed E-state index contributed by atoms with van der Waals surface area (Å²) in [6.07, 6.45) is 0. The van der Waals surface area contributed by atoms with Crippen LogP contribution in [0.15, 0.2) is 6.07 Å². The van der Waals surface area contributed by atoms with Crippen LogP contribution in [0.1, 0.15) is 22.5 Å². The van der Waals surface area contributed by atoms with Gasteiger partial charge in [0, 0.05) is 17.2 Å². The zero-order chi connectivity index (χ0) is 7.84. The minimum absolute atomic E-state index is 1.11. The summed E-state index contributed by atoms with van der Waals surface area (Å²) < 4.78 is 0. The van der Waals surface area contributed by atoms with Crippen molar-refractivity contribution in [1.82, 2.24) is 4.98 Å². The molecule has 0 unspecified atom stereocenters. The molecule has 1 nitrogen and oxygen atoms in total. The third-order valence-corrected chi connectivity index (χ3v) is 3.02. The second-order valence-electron chi connectivity index (χ2n) is 3.00. The van der Waals surface area contributed by atoms with Gasteiger partial charge in [0.15, 0.2) is 0 Å². The van der Waals surface area contributed by atoms with Gasteiger partial charge in [0.1, 0.15) is 0 Å². The normalized spacial score (nSPS) is 15.1. The van der Waals surface area contributed by atoms with Crippen molar-refractivity contribution in [3.8, 4) is 0 Å². The van der Waals surface area contributed by atoms with E-state index in [9.17, 15) is 0 Å². The molecule has 0 atom stereocenters. The summed E-state index contributed by atoms with van der Waals surface area (Å²) in [5.41, 5.74) is 5.36. The van der Waals surface area contributed by atoms with Crippen molar-refractivity contribution in [2.45, 2.75) is 25.4 Å². The average Bonchev–Trinajstić information content (AvgIpc) is 2.34. The van der Waals surface area contributed by atoms with Gasteiger partial charge >= 0.3 is 0 Å². The Morgan fingerprint density at radius 3 is 3.00 bits per heavy atom. The first kappa shape index (κ1) is 7.17. The van der Waals surface area contributed by atoms with Crippen LogP contribution >= 0.6 is 11.8 Å². The lowest BCUT2D eigenvalue weighted by Gasteiger charge is -2.02.